The van der Waals surface area contributed by atoms with Gasteiger partial charge in [-0.15, -0.1) is 10.2 Å². The molecule has 1 N–H and O–H groups in total. The van der Waals surface area contributed by atoms with E-state index in [2.05, 4.69) is 39.6 Å². The molecule has 0 bridgehead atoms. The zero-order valence-electron chi connectivity index (χ0n) is 16.7. The fraction of sp³-hybridized carbons (Fsp3) is 0.130. The predicted molar refractivity (Wildman–Crippen MR) is 120 cm³/mol. The van der Waals surface area contributed by atoms with Gasteiger partial charge in [-0.3, -0.25) is 9.36 Å². The first-order chi connectivity index (χ1) is 14.6. The van der Waals surface area contributed by atoms with Gasteiger partial charge < -0.3 is 5.32 Å². The summed E-state index contributed by atoms with van der Waals surface area (Å²) in [6.07, 6.45) is 1.68. The number of hydrogen-bond acceptors (Lipinski definition) is 5. The summed E-state index contributed by atoms with van der Waals surface area (Å²) in [7, 11) is 0. The number of aryl methyl sites for hydroxylation is 2. The number of pyridine rings is 1. The molecule has 2 aromatic heterocycles. The average Bonchev–Trinajstić information content (AvgIpc) is 3.17. The van der Waals surface area contributed by atoms with Crippen LogP contribution in [0.1, 0.15) is 11.1 Å². The second kappa shape index (κ2) is 8.92. The highest BCUT2D eigenvalue weighted by atomic mass is 32.2. The van der Waals surface area contributed by atoms with Crippen LogP contribution in [-0.2, 0) is 4.79 Å². The predicted octanol–water partition coefficient (Wildman–Crippen LogP) is 4.68. The summed E-state index contributed by atoms with van der Waals surface area (Å²) in [6, 6.07) is 21.8. The van der Waals surface area contributed by atoms with Crippen molar-refractivity contribution < 1.29 is 4.79 Å². The van der Waals surface area contributed by atoms with Gasteiger partial charge in [-0.05, 0) is 43.7 Å². The SMILES string of the molecule is Cc1ccc(-c2nnc(SCC(=O)Nc3cc(C)ccn3)n2-c2ccccc2)cc1. The van der Waals surface area contributed by atoms with Gasteiger partial charge in [-0.2, -0.15) is 0 Å². The van der Waals surface area contributed by atoms with Gasteiger partial charge in [0.05, 0.1) is 5.75 Å². The van der Waals surface area contributed by atoms with E-state index in [1.165, 1.54) is 17.3 Å². The minimum Gasteiger partial charge on any atom is -0.310 e. The first-order valence-electron chi connectivity index (χ1n) is 9.53. The number of anilines is 1. The lowest BCUT2D eigenvalue weighted by Gasteiger charge is -2.10. The summed E-state index contributed by atoms with van der Waals surface area (Å²) in [5.41, 5.74) is 4.14. The number of carbonyl (C=O) groups is 1. The third-order valence-corrected chi connectivity index (χ3v) is 5.40. The quantitative estimate of drug-likeness (QED) is 0.463. The van der Waals surface area contributed by atoms with Crippen molar-refractivity contribution in [3.8, 4) is 17.1 Å². The number of rotatable bonds is 6. The molecular formula is C23H21N5OS. The van der Waals surface area contributed by atoms with Crippen molar-refractivity contribution in [2.45, 2.75) is 19.0 Å². The number of amides is 1. The number of aromatic nitrogens is 4. The van der Waals surface area contributed by atoms with Crippen LogP contribution in [0.5, 0.6) is 0 Å². The molecule has 0 saturated heterocycles. The van der Waals surface area contributed by atoms with Gasteiger partial charge in [0.15, 0.2) is 11.0 Å². The van der Waals surface area contributed by atoms with Gasteiger partial charge in [-0.1, -0.05) is 59.8 Å². The Bertz CT molecular complexity index is 1160. The Morgan fingerprint density at radius 3 is 2.47 bits per heavy atom. The van der Waals surface area contributed by atoms with Crippen molar-refractivity contribution in [1.29, 1.82) is 0 Å². The summed E-state index contributed by atoms with van der Waals surface area (Å²) < 4.78 is 1.98. The Hall–Kier alpha value is -3.45. The van der Waals surface area contributed by atoms with E-state index in [1.54, 1.807) is 6.20 Å². The summed E-state index contributed by atoms with van der Waals surface area (Å²) in [5, 5.41) is 12.3. The maximum Gasteiger partial charge on any atom is 0.236 e. The lowest BCUT2D eigenvalue weighted by Crippen LogP contribution is -2.15. The van der Waals surface area contributed by atoms with E-state index in [1.807, 2.05) is 66.1 Å². The normalized spacial score (nSPS) is 10.7. The van der Waals surface area contributed by atoms with Gasteiger partial charge in [0.25, 0.3) is 0 Å². The molecule has 2 aromatic carbocycles. The number of para-hydroxylation sites is 1. The molecule has 0 aliphatic heterocycles. The summed E-state index contributed by atoms with van der Waals surface area (Å²) in [5.74, 6) is 1.35. The molecular weight excluding hydrogens is 394 g/mol. The molecule has 0 unspecified atom stereocenters. The molecule has 4 aromatic rings. The van der Waals surface area contributed by atoms with Crippen LogP contribution < -0.4 is 5.32 Å². The second-order valence-electron chi connectivity index (χ2n) is 6.90. The number of hydrogen-bond donors (Lipinski definition) is 1. The van der Waals surface area contributed by atoms with E-state index in [9.17, 15) is 4.79 Å². The zero-order valence-corrected chi connectivity index (χ0v) is 17.6. The topological polar surface area (TPSA) is 72.7 Å². The number of nitrogens with one attached hydrogen (secondary N) is 1. The molecule has 0 atom stereocenters. The molecule has 0 fully saturated rings. The third kappa shape index (κ3) is 4.58. The third-order valence-electron chi connectivity index (χ3n) is 4.47. The number of thioether (sulfide) groups is 1. The van der Waals surface area contributed by atoms with Gasteiger partial charge >= 0.3 is 0 Å². The van der Waals surface area contributed by atoms with Crippen molar-refractivity contribution in [2.24, 2.45) is 0 Å². The number of carbonyl (C=O) groups excluding carboxylic acids is 1. The van der Waals surface area contributed by atoms with Crippen LogP contribution in [0, 0.1) is 13.8 Å². The van der Waals surface area contributed by atoms with Crippen LogP contribution >= 0.6 is 11.8 Å². The molecule has 0 spiro atoms. The van der Waals surface area contributed by atoms with E-state index >= 15 is 0 Å². The van der Waals surface area contributed by atoms with Gasteiger partial charge in [-0.25, -0.2) is 4.98 Å². The molecule has 150 valence electrons. The number of nitrogens with zero attached hydrogens (tertiary/aromatic N) is 4. The highest BCUT2D eigenvalue weighted by molar-refractivity contribution is 7.99. The molecule has 0 aliphatic carbocycles. The van der Waals surface area contributed by atoms with Crippen LogP contribution in [0.4, 0.5) is 5.82 Å². The maximum absolute atomic E-state index is 12.4. The van der Waals surface area contributed by atoms with Crippen molar-refractivity contribution >= 4 is 23.5 Å². The first kappa shape index (κ1) is 19.8. The Morgan fingerprint density at radius 2 is 1.73 bits per heavy atom. The Balaban J connectivity index is 1.58. The van der Waals surface area contributed by atoms with Crippen LogP contribution in [0.25, 0.3) is 17.1 Å². The van der Waals surface area contributed by atoms with E-state index in [0.29, 0.717) is 11.0 Å². The number of benzene rings is 2. The van der Waals surface area contributed by atoms with Crippen LogP contribution in [0.3, 0.4) is 0 Å². The highest BCUT2D eigenvalue weighted by Crippen LogP contribution is 2.28. The van der Waals surface area contributed by atoms with Crippen molar-refractivity contribution in [1.82, 2.24) is 19.7 Å². The fourth-order valence-corrected chi connectivity index (χ4v) is 3.73. The summed E-state index contributed by atoms with van der Waals surface area (Å²) >= 11 is 1.34. The largest absolute Gasteiger partial charge is 0.310 e. The first-order valence-corrected chi connectivity index (χ1v) is 10.5. The van der Waals surface area contributed by atoms with E-state index < -0.39 is 0 Å². The summed E-state index contributed by atoms with van der Waals surface area (Å²) in [4.78, 5) is 16.6. The lowest BCUT2D eigenvalue weighted by molar-refractivity contribution is -0.113. The van der Waals surface area contributed by atoms with Crippen molar-refractivity contribution in [3.05, 3.63) is 84.1 Å². The van der Waals surface area contributed by atoms with Gasteiger partial charge in [0.2, 0.25) is 5.91 Å². The molecule has 0 aliphatic rings. The Kier molecular flexibility index (Phi) is 5.90. The van der Waals surface area contributed by atoms with E-state index in [4.69, 9.17) is 0 Å². The van der Waals surface area contributed by atoms with Crippen molar-refractivity contribution in [3.63, 3.8) is 0 Å². The molecule has 6 nitrogen and oxygen atoms in total. The molecule has 7 heteroatoms. The van der Waals surface area contributed by atoms with Crippen LogP contribution in [0.2, 0.25) is 0 Å². The molecule has 0 saturated carbocycles. The maximum atomic E-state index is 12.4. The standard InChI is InChI=1S/C23H21N5OS/c1-16-8-10-18(11-9-16)22-26-27-23(28(22)19-6-4-3-5-7-19)30-15-21(29)25-20-14-17(2)12-13-24-20/h3-14H,15H2,1-2H3,(H,24,25,29). The molecule has 1 amide bonds. The second-order valence-corrected chi connectivity index (χ2v) is 7.84. The smallest absolute Gasteiger partial charge is 0.236 e. The van der Waals surface area contributed by atoms with Crippen LogP contribution in [-0.4, -0.2) is 31.4 Å². The Morgan fingerprint density at radius 1 is 0.967 bits per heavy atom. The van der Waals surface area contributed by atoms with E-state index in [-0.39, 0.29) is 11.7 Å². The fourth-order valence-electron chi connectivity index (χ4n) is 2.98. The minimum absolute atomic E-state index is 0.141. The Labute approximate surface area is 179 Å². The minimum atomic E-state index is -0.141. The molecule has 30 heavy (non-hydrogen) atoms. The van der Waals surface area contributed by atoms with Gasteiger partial charge in [0.1, 0.15) is 5.82 Å². The average molecular weight is 416 g/mol. The lowest BCUT2D eigenvalue weighted by atomic mass is 10.1. The molecule has 4 rings (SSSR count). The van der Waals surface area contributed by atoms with Crippen molar-refractivity contribution in [2.75, 3.05) is 11.1 Å². The highest BCUT2D eigenvalue weighted by Gasteiger charge is 2.17. The zero-order chi connectivity index (χ0) is 20.9. The molecule has 0 radical (unpaired) electrons. The van der Waals surface area contributed by atoms with E-state index in [0.717, 1.165) is 22.6 Å². The summed E-state index contributed by atoms with van der Waals surface area (Å²) in [6.45, 7) is 4.01. The monoisotopic (exact) mass is 415 g/mol. The molecule has 2 heterocycles. The van der Waals surface area contributed by atoms with Gasteiger partial charge in [0, 0.05) is 17.4 Å². The van der Waals surface area contributed by atoms with Crippen LogP contribution in [0.15, 0.2) is 78.1 Å².